The maximum atomic E-state index is 12.6. The molecule has 0 radical (unpaired) electrons. The van der Waals surface area contributed by atoms with Gasteiger partial charge in [0.15, 0.2) is 12.3 Å². The van der Waals surface area contributed by atoms with Crippen molar-refractivity contribution in [2.24, 2.45) is 5.92 Å². The predicted octanol–water partition coefficient (Wildman–Crippen LogP) is 2.29. The van der Waals surface area contributed by atoms with Crippen LogP contribution < -0.4 is 10.2 Å². The molecule has 2 aromatic rings. The smallest absolute Gasteiger partial charge is 0.279 e. The number of fused-ring (bicyclic) bond motifs is 1. The fourth-order valence-electron chi connectivity index (χ4n) is 4.38. The van der Waals surface area contributed by atoms with Crippen LogP contribution in [0, 0.1) is 5.92 Å². The molecule has 27 heavy (non-hydrogen) atoms. The molecule has 0 bridgehead atoms. The minimum absolute atomic E-state index is 0.0655. The summed E-state index contributed by atoms with van der Waals surface area (Å²) in [6.07, 6.45) is 5.20. The molecule has 4 heteroatoms. The van der Waals surface area contributed by atoms with Crippen LogP contribution in [0.4, 0.5) is 5.69 Å². The molecule has 1 aliphatic carbocycles. The highest BCUT2D eigenvalue weighted by atomic mass is 16.2. The number of Topliss-reactive ketones (excluding diaryl/α,β-unsaturated/α-hetero) is 1. The standard InChI is InChI=1S/C23H26N2O2/c26-22(24-21-10-9-17-7-4-8-20(17)15-21)16-25-13-11-19(12-14-25)23(27)18-5-2-1-3-6-18/h1-3,5-6,9-10,15,19H,4,7-8,11-14,16H2,(H,24,26)/p+1. The normalized spacial score (nSPS) is 21.5. The van der Waals surface area contributed by atoms with Crippen molar-refractivity contribution < 1.29 is 14.5 Å². The lowest BCUT2D eigenvalue weighted by atomic mass is 9.89. The molecule has 0 atom stereocenters. The van der Waals surface area contributed by atoms with Gasteiger partial charge in [-0.3, -0.25) is 9.59 Å². The predicted molar refractivity (Wildman–Crippen MR) is 106 cm³/mol. The summed E-state index contributed by atoms with van der Waals surface area (Å²) in [6.45, 7) is 2.23. The third-order valence-electron chi connectivity index (χ3n) is 5.91. The zero-order chi connectivity index (χ0) is 18.6. The highest BCUT2D eigenvalue weighted by molar-refractivity contribution is 5.97. The van der Waals surface area contributed by atoms with Gasteiger partial charge in [-0.25, -0.2) is 0 Å². The first-order chi connectivity index (χ1) is 13.2. The van der Waals surface area contributed by atoms with E-state index in [4.69, 9.17) is 0 Å². The van der Waals surface area contributed by atoms with Gasteiger partial charge in [-0.15, -0.1) is 0 Å². The van der Waals surface area contributed by atoms with Crippen molar-refractivity contribution in [2.75, 3.05) is 25.0 Å². The van der Waals surface area contributed by atoms with Gasteiger partial charge in [0.05, 0.1) is 13.1 Å². The molecule has 4 rings (SSSR count). The largest absolute Gasteiger partial charge is 0.327 e. The lowest BCUT2D eigenvalue weighted by Crippen LogP contribution is -3.14. The molecule has 0 saturated carbocycles. The Hall–Kier alpha value is -2.46. The summed E-state index contributed by atoms with van der Waals surface area (Å²) in [5.74, 6) is 0.406. The zero-order valence-corrected chi connectivity index (χ0v) is 15.7. The minimum Gasteiger partial charge on any atom is -0.327 e. The molecule has 1 heterocycles. The van der Waals surface area contributed by atoms with Crippen LogP contribution in [0.3, 0.4) is 0 Å². The van der Waals surface area contributed by atoms with Gasteiger partial charge >= 0.3 is 0 Å². The van der Waals surface area contributed by atoms with Crippen molar-refractivity contribution in [1.82, 2.24) is 0 Å². The first-order valence-electron chi connectivity index (χ1n) is 10.0. The SMILES string of the molecule is O=C(C[NH+]1CCC(C(=O)c2ccccc2)CC1)Nc1ccc2c(c1)CCC2. The van der Waals surface area contributed by atoms with Crippen LogP contribution in [-0.4, -0.2) is 31.3 Å². The zero-order valence-electron chi connectivity index (χ0n) is 15.7. The molecule has 1 amide bonds. The highest BCUT2D eigenvalue weighted by Gasteiger charge is 2.29. The first kappa shape index (κ1) is 17.9. The molecule has 140 valence electrons. The number of amides is 1. The number of carbonyl (C=O) groups excluding carboxylic acids is 2. The Morgan fingerprint density at radius 1 is 0.963 bits per heavy atom. The van der Waals surface area contributed by atoms with Gasteiger partial charge < -0.3 is 10.2 Å². The van der Waals surface area contributed by atoms with Crippen LogP contribution in [-0.2, 0) is 17.6 Å². The number of rotatable bonds is 5. The summed E-state index contributed by atoms with van der Waals surface area (Å²) >= 11 is 0. The molecular formula is C23H27N2O2+. The van der Waals surface area contributed by atoms with E-state index in [9.17, 15) is 9.59 Å². The van der Waals surface area contributed by atoms with Crippen molar-refractivity contribution in [2.45, 2.75) is 32.1 Å². The van der Waals surface area contributed by atoms with Gasteiger partial charge in [-0.2, -0.15) is 0 Å². The summed E-state index contributed by atoms with van der Waals surface area (Å²) in [4.78, 5) is 26.3. The topological polar surface area (TPSA) is 50.6 Å². The second-order valence-electron chi connectivity index (χ2n) is 7.82. The van der Waals surface area contributed by atoms with Crippen LogP contribution in [0.15, 0.2) is 48.5 Å². The summed E-state index contributed by atoms with van der Waals surface area (Å²) in [6, 6.07) is 15.8. The van der Waals surface area contributed by atoms with Gasteiger partial charge in [0.25, 0.3) is 5.91 Å². The van der Waals surface area contributed by atoms with Gasteiger partial charge in [0.1, 0.15) is 0 Å². The van der Waals surface area contributed by atoms with E-state index in [1.54, 1.807) is 0 Å². The van der Waals surface area contributed by atoms with E-state index < -0.39 is 0 Å². The molecule has 1 fully saturated rings. The number of anilines is 1. The van der Waals surface area contributed by atoms with Crippen LogP contribution in [0.2, 0.25) is 0 Å². The summed E-state index contributed by atoms with van der Waals surface area (Å²) in [5, 5.41) is 3.05. The van der Waals surface area contributed by atoms with Crippen molar-refractivity contribution >= 4 is 17.4 Å². The molecular weight excluding hydrogens is 336 g/mol. The lowest BCUT2D eigenvalue weighted by Gasteiger charge is -2.28. The Labute approximate surface area is 160 Å². The summed E-state index contributed by atoms with van der Waals surface area (Å²) in [5.41, 5.74) is 4.51. The summed E-state index contributed by atoms with van der Waals surface area (Å²) < 4.78 is 0. The number of aryl methyl sites for hydroxylation is 2. The van der Waals surface area contributed by atoms with E-state index in [2.05, 4.69) is 17.4 Å². The van der Waals surface area contributed by atoms with E-state index in [0.29, 0.717) is 6.54 Å². The molecule has 1 aliphatic heterocycles. The summed E-state index contributed by atoms with van der Waals surface area (Å²) in [7, 11) is 0. The maximum Gasteiger partial charge on any atom is 0.279 e. The van der Waals surface area contributed by atoms with Gasteiger partial charge in [0, 0.05) is 30.0 Å². The van der Waals surface area contributed by atoms with E-state index in [1.807, 2.05) is 36.4 Å². The Balaban J connectivity index is 1.26. The second kappa shape index (κ2) is 8.05. The Bertz CT molecular complexity index is 824. The lowest BCUT2D eigenvalue weighted by molar-refractivity contribution is -0.897. The Morgan fingerprint density at radius 3 is 2.48 bits per heavy atom. The molecule has 2 aromatic carbocycles. The molecule has 4 nitrogen and oxygen atoms in total. The number of ketones is 1. The molecule has 2 aliphatic rings. The monoisotopic (exact) mass is 363 g/mol. The van der Waals surface area contributed by atoms with Gasteiger partial charge in [0.2, 0.25) is 0 Å². The number of nitrogens with one attached hydrogen (secondary N) is 2. The third-order valence-corrected chi connectivity index (χ3v) is 5.91. The van der Waals surface area contributed by atoms with Crippen LogP contribution >= 0.6 is 0 Å². The maximum absolute atomic E-state index is 12.6. The molecule has 0 unspecified atom stereocenters. The number of likely N-dealkylation sites (tertiary alicyclic amines) is 1. The number of carbonyl (C=O) groups is 2. The number of benzene rings is 2. The Morgan fingerprint density at radius 2 is 1.70 bits per heavy atom. The minimum atomic E-state index is 0.0655. The van der Waals surface area contributed by atoms with Crippen LogP contribution in [0.25, 0.3) is 0 Å². The number of hydrogen-bond acceptors (Lipinski definition) is 2. The van der Waals surface area contributed by atoms with Crippen molar-refractivity contribution in [3.05, 3.63) is 65.2 Å². The van der Waals surface area contributed by atoms with E-state index in [0.717, 1.165) is 50.0 Å². The quantitative estimate of drug-likeness (QED) is 0.801. The van der Waals surface area contributed by atoms with Gasteiger partial charge in [-0.05, 0) is 42.5 Å². The van der Waals surface area contributed by atoms with Crippen molar-refractivity contribution in [3.63, 3.8) is 0 Å². The third kappa shape index (κ3) is 4.28. The fourth-order valence-corrected chi connectivity index (χ4v) is 4.38. The van der Waals surface area contributed by atoms with Crippen molar-refractivity contribution in [3.8, 4) is 0 Å². The number of piperidine rings is 1. The second-order valence-corrected chi connectivity index (χ2v) is 7.82. The molecule has 0 aromatic heterocycles. The highest BCUT2D eigenvalue weighted by Crippen LogP contribution is 2.24. The van der Waals surface area contributed by atoms with E-state index >= 15 is 0 Å². The number of hydrogen-bond donors (Lipinski definition) is 2. The average Bonchev–Trinajstić information content (AvgIpc) is 3.16. The molecule has 2 N–H and O–H groups in total. The van der Waals surface area contributed by atoms with Crippen LogP contribution in [0.1, 0.15) is 40.7 Å². The van der Waals surface area contributed by atoms with E-state index in [-0.39, 0.29) is 17.6 Å². The Kier molecular flexibility index (Phi) is 5.35. The number of quaternary nitrogens is 1. The molecule has 1 saturated heterocycles. The van der Waals surface area contributed by atoms with Crippen molar-refractivity contribution in [1.29, 1.82) is 0 Å². The molecule has 0 spiro atoms. The van der Waals surface area contributed by atoms with Crippen LogP contribution in [0.5, 0.6) is 0 Å². The first-order valence-corrected chi connectivity index (χ1v) is 10.0. The fraction of sp³-hybridized carbons (Fsp3) is 0.391. The van der Waals surface area contributed by atoms with E-state index in [1.165, 1.54) is 22.4 Å². The van der Waals surface area contributed by atoms with Gasteiger partial charge in [-0.1, -0.05) is 36.4 Å². The average molecular weight is 363 g/mol.